The summed E-state index contributed by atoms with van der Waals surface area (Å²) in [5.41, 5.74) is 2.73. The minimum absolute atomic E-state index is 0.535. The van der Waals surface area contributed by atoms with E-state index in [-0.39, 0.29) is 0 Å². The lowest BCUT2D eigenvalue weighted by Gasteiger charge is -2.07. The Morgan fingerprint density at radius 2 is 1.41 bits per heavy atom. The van der Waals surface area contributed by atoms with E-state index in [4.69, 9.17) is 28.4 Å². The van der Waals surface area contributed by atoms with E-state index in [1.165, 1.54) is 0 Å². The van der Waals surface area contributed by atoms with Crippen LogP contribution >= 0.6 is 0 Å². The number of furan rings is 1. The maximum atomic E-state index is 6.09. The maximum absolute atomic E-state index is 6.09. The lowest BCUT2D eigenvalue weighted by Crippen LogP contribution is -2.00. The minimum atomic E-state index is 0.535. The molecule has 0 unspecified atom stereocenters. The molecule has 0 spiro atoms. The highest BCUT2D eigenvalue weighted by molar-refractivity contribution is 5.93. The highest BCUT2D eigenvalue weighted by atomic mass is 16.5. The number of nitrogens with zero attached hydrogens (tertiary/aromatic N) is 1. The summed E-state index contributed by atoms with van der Waals surface area (Å²) in [5.74, 6) is 4.39. The fraction of sp³-hybridized carbons (Fsp3) is 0.250. The molecule has 0 amide bonds. The van der Waals surface area contributed by atoms with Crippen LogP contribution in [-0.2, 0) is 0 Å². The lowest BCUT2D eigenvalue weighted by atomic mass is 10.1. The molecule has 0 saturated heterocycles. The Hall–Kier alpha value is -3.93. The first-order valence-electron chi connectivity index (χ1n) is 11.1. The average Bonchev–Trinajstić information content (AvgIpc) is 3.05. The zero-order chi connectivity index (χ0) is 24.2. The molecule has 6 nitrogen and oxygen atoms in total. The van der Waals surface area contributed by atoms with Gasteiger partial charge in [0.2, 0.25) is 0 Å². The number of benzene rings is 2. The molecule has 0 atom stereocenters. The van der Waals surface area contributed by atoms with Crippen LogP contribution in [0.25, 0.3) is 21.9 Å². The molecule has 34 heavy (non-hydrogen) atoms. The van der Waals surface area contributed by atoms with Gasteiger partial charge in [-0.05, 0) is 68.3 Å². The smallest absolute Gasteiger partial charge is 0.162 e. The zero-order valence-corrected chi connectivity index (χ0v) is 20.4. The Balaban J connectivity index is 2.07. The number of ether oxygens (including phenoxy) is 4. The molecule has 1 heterocycles. The first-order chi connectivity index (χ1) is 16.5. The number of hydrogen-bond donors (Lipinski definition) is 0. The predicted molar refractivity (Wildman–Crippen MR) is 134 cm³/mol. The van der Waals surface area contributed by atoms with Crippen molar-refractivity contribution in [3.8, 4) is 34.1 Å². The van der Waals surface area contributed by atoms with Gasteiger partial charge in [0.05, 0.1) is 49.8 Å². The van der Waals surface area contributed by atoms with Crippen molar-refractivity contribution in [1.82, 2.24) is 0 Å². The molecule has 6 heteroatoms. The van der Waals surface area contributed by atoms with Gasteiger partial charge < -0.3 is 23.4 Å². The summed E-state index contributed by atoms with van der Waals surface area (Å²) in [5, 5.41) is 2.60. The quantitative estimate of drug-likeness (QED) is 0.321. The van der Waals surface area contributed by atoms with Gasteiger partial charge in [-0.25, -0.2) is 4.99 Å². The average molecular weight is 460 g/mol. The molecular weight excluding hydrogens is 430 g/mol. The summed E-state index contributed by atoms with van der Waals surface area (Å²) in [6.45, 7) is 6.41. The molecule has 1 aromatic heterocycles. The number of rotatable bonds is 7. The van der Waals surface area contributed by atoms with Crippen LogP contribution in [-0.4, -0.2) is 27.9 Å². The molecule has 4 aromatic rings. The summed E-state index contributed by atoms with van der Waals surface area (Å²) < 4.78 is 28.3. The third-order valence-corrected chi connectivity index (χ3v) is 5.68. The second-order valence-electron chi connectivity index (χ2n) is 7.77. The van der Waals surface area contributed by atoms with Crippen LogP contribution in [0.15, 0.2) is 64.0 Å². The predicted octanol–water partition coefficient (Wildman–Crippen LogP) is 6.37. The highest BCUT2D eigenvalue weighted by Crippen LogP contribution is 2.35. The van der Waals surface area contributed by atoms with Crippen LogP contribution in [0.2, 0.25) is 0 Å². The van der Waals surface area contributed by atoms with E-state index in [1.807, 2.05) is 69.3 Å². The van der Waals surface area contributed by atoms with E-state index in [1.54, 1.807) is 21.3 Å². The van der Waals surface area contributed by atoms with Crippen LogP contribution in [0.4, 0.5) is 5.69 Å². The number of aryl methyl sites for hydroxylation is 2. The molecule has 0 aliphatic heterocycles. The Kier molecular flexibility index (Phi) is 6.77. The summed E-state index contributed by atoms with van der Waals surface area (Å²) in [6.07, 6.45) is 0. The van der Waals surface area contributed by atoms with Gasteiger partial charge in [0.15, 0.2) is 11.5 Å². The van der Waals surface area contributed by atoms with E-state index in [0.717, 1.165) is 56.0 Å². The van der Waals surface area contributed by atoms with Gasteiger partial charge in [-0.2, -0.15) is 0 Å². The fourth-order valence-corrected chi connectivity index (χ4v) is 4.10. The van der Waals surface area contributed by atoms with E-state index in [0.29, 0.717) is 18.1 Å². The van der Waals surface area contributed by atoms with Crippen molar-refractivity contribution in [1.29, 1.82) is 0 Å². The molecule has 0 aliphatic rings. The molecule has 0 N–H and O–H groups in total. The van der Waals surface area contributed by atoms with E-state index in [9.17, 15) is 0 Å². The minimum Gasteiger partial charge on any atom is -0.497 e. The second kappa shape index (κ2) is 9.91. The number of hydrogen-bond acceptors (Lipinski definition) is 6. The number of fused-ring (bicyclic) bond motifs is 1. The molecule has 4 rings (SSSR count). The molecule has 0 fully saturated rings. The van der Waals surface area contributed by atoms with Crippen LogP contribution in [0, 0.1) is 13.8 Å². The summed E-state index contributed by atoms with van der Waals surface area (Å²) >= 11 is 0. The highest BCUT2D eigenvalue weighted by Gasteiger charge is 2.16. The van der Waals surface area contributed by atoms with Gasteiger partial charge in [0.1, 0.15) is 23.0 Å². The third-order valence-electron chi connectivity index (χ3n) is 5.68. The van der Waals surface area contributed by atoms with E-state index >= 15 is 0 Å². The molecule has 3 aromatic carbocycles. The van der Waals surface area contributed by atoms with Gasteiger partial charge >= 0.3 is 0 Å². The monoisotopic (exact) mass is 459 g/mol. The van der Waals surface area contributed by atoms with Crippen molar-refractivity contribution in [2.24, 2.45) is 4.99 Å². The van der Waals surface area contributed by atoms with Crippen molar-refractivity contribution in [2.75, 3.05) is 27.9 Å². The van der Waals surface area contributed by atoms with E-state index in [2.05, 4.69) is 6.07 Å². The van der Waals surface area contributed by atoms with Gasteiger partial charge in [0, 0.05) is 6.07 Å². The van der Waals surface area contributed by atoms with E-state index < -0.39 is 0 Å². The largest absolute Gasteiger partial charge is 0.497 e. The van der Waals surface area contributed by atoms with Crippen molar-refractivity contribution in [3.05, 3.63) is 71.5 Å². The second-order valence-corrected chi connectivity index (χ2v) is 7.77. The summed E-state index contributed by atoms with van der Waals surface area (Å²) in [4.78, 5) is 5.01. The van der Waals surface area contributed by atoms with Crippen LogP contribution in [0.1, 0.15) is 18.4 Å². The first kappa shape index (κ1) is 23.2. The first-order valence-corrected chi connectivity index (χ1v) is 11.1. The SMILES string of the molecule is CCOc1cc(-c2ccc(OC)cc2)cc(=Nc2ccc(OC)c(OC)c2)c2c(C)oc(C)c12. The number of methoxy groups -OCH3 is 3. The van der Waals surface area contributed by atoms with Crippen molar-refractivity contribution in [3.63, 3.8) is 0 Å². The molecule has 176 valence electrons. The Morgan fingerprint density at radius 1 is 0.706 bits per heavy atom. The topological polar surface area (TPSA) is 62.4 Å². The maximum Gasteiger partial charge on any atom is 0.162 e. The summed E-state index contributed by atoms with van der Waals surface area (Å²) in [7, 11) is 4.89. The third kappa shape index (κ3) is 4.44. The standard InChI is InChI=1S/C28H29NO5/c1-7-33-26-15-20(19-8-11-22(30-4)12-9-19)14-23(27-17(2)34-18(3)28(26)27)29-21-10-13-24(31-5)25(16-21)32-6/h8-16H,7H2,1-6H3. The van der Waals surface area contributed by atoms with Crippen LogP contribution in [0.3, 0.4) is 0 Å². The molecule has 0 aliphatic carbocycles. The normalized spacial score (nSPS) is 11.5. The van der Waals surface area contributed by atoms with Gasteiger partial charge in [0.25, 0.3) is 0 Å². The van der Waals surface area contributed by atoms with Crippen molar-refractivity contribution in [2.45, 2.75) is 20.8 Å². The Bertz CT molecular complexity index is 1390. The van der Waals surface area contributed by atoms with Crippen LogP contribution < -0.4 is 24.3 Å². The Morgan fingerprint density at radius 3 is 2.06 bits per heavy atom. The molecule has 0 radical (unpaired) electrons. The molecule has 0 saturated carbocycles. The van der Waals surface area contributed by atoms with Gasteiger partial charge in [-0.1, -0.05) is 12.1 Å². The molecular formula is C28H29NO5. The van der Waals surface area contributed by atoms with Crippen molar-refractivity contribution >= 4 is 16.5 Å². The lowest BCUT2D eigenvalue weighted by molar-refractivity contribution is 0.344. The fourth-order valence-electron chi connectivity index (χ4n) is 4.10. The van der Waals surface area contributed by atoms with Gasteiger partial charge in [-0.3, -0.25) is 0 Å². The zero-order valence-electron chi connectivity index (χ0n) is 20.4. The van der Waals surface area contributed by atoms with Gasteiger partial charge in [-0.15, -0.1) is 0 Å². The van der Waals surface area contributed by atoms with Crippen molar-refractivity contribution < 1.29 is 23.4 Å². The van der Waals surface area contributed by atoms with Crippen LogP contribution in [0.5, 0.6) is 23.0 Å². The molecule has 0 bridgehead atoms. The Labute approximate surface area is 199 Å². The summed E-state index contributed by atoms with van der Waals surface area (Å²) in [6, 6.07) is 17.7.